The van der Waals surface area contributed by atoms with Gasteiger partial charge in [0.1, 0.15) is 6.33 Å². The Morgan fingerprint density at radius 2 is 1.80 bits per heavy atom. The van der Waals surface area contributed by atoms with Gasteiger partial charge in [0.25, 0.3) is 0 Å². The fraction of sp³-hybridized carbons (Fsp3) is 0.192. The second kappa shape index (κ2) is 9.68. The Morgan fingerprint density at radius 3 is 2.60 bits per heavy atom. The van der Waals surface area contributed by atoms with Gasteiger partial charge in [-0.3, -0.25) is 9.78 Å². The lowest BCUT2D eigenvalue weighted by atomic mass is 10.0. The van der Waals surface area contributed by atoms with E-state index >= 15 is 0 Å². The average Bonchev–Trinajstić information content (AvgIpc) is 2.86. The summed E-state index contributed by atoms with van der Waals surface area (Å²) in [5, 5.41) is 6.80. The molecule has 0 spiro atoms. The summed E-state index contributed by atoms with van der Waals surface area (Å²) in [5.74, 6) is 0.929. The molecule has 2 aromatic carbocycles. The third-order valence-corrected chi connectivity index (χ3v) is 6.17. The van der Waals surface area contributed by atoms with Crippen molar-refractivity contribution < 1.29 is 4.79 Å². The van der Waals surface area contributed by atoms with Gasteiger partial charge in [0, 0.05) is 54.1 Å². The van der Waals surface area contributed by atoms with Gasteiger partial charge in [-0.15, -0.1) is 0 Å². The molecule has 4 aromatic rings. The lowest BCUT2D eigenvalue weighted by Crippen LogP contribution is -2.32. The van der Waals surface area contributed by atoms with Gasteiger partial charge in [-0.05, 0) is 48.4 Å². The highest BCUT2D eigenvalue weighted by molar-refractivity contribution is 6.30. The maximum absolute atomic E-state index is 11.5. The highest BCUT2D eigenvalue weighted by Crippen LogP contribution is 2.28. The van der Waals surface area contributed by atoms with Crippen LogP contribution in [0.3, 0.4) is 0 Å². The lowest BCUT2D eigenvalue weighted by Gasteiger charge is -2.28. The molecule has 0 bridgehead atoms. The van der Waals surface area contributed by atoms with E-state index in [9.17, 15) is 4.79 Å². The van der Waals surface area contributed by atoms with Crippen LogP contribution in [0.5, 0.6) is 0 Å². The van der Waals surface area contributed by atoms with Crippen LogP contribution in [0.1, 0.15) is 23.7 Å². The summed E-state index contributed by atoms with van der Waals surface area (Å²) in [4.78, 5) is 31.8. The van der Waals surface area contributed by atoms with Gasteiger partial charge in [-0.1, -0.05) is 35.9 Å². The zero-order valence-electron chi connectivity index (χ0n) is 19.4. The average molecular weight is 486 g/mol. The summed E-state index contributed by atoms with van der Waals surface area (Å²) < 4.78 is 0. The number of anilines is 4. The Morgan fingerprint density at radius 1 is 1.00 bits per heavy atom. The molecular weight excluding hydrogens is 462 g/mol. The second-order valence-electron chi connectivity index (χ2n) is 8.37. The third kappa shape index (κ3) is 5.07. The van der Waals surface area contributed by atoms with E-state index in [1.165, 1.54) is 13.3 Å². The molecule has 2 aromatic heterocycles. The fourth-order valence-electron chi connectivity index (χ4n) is 4.09. The molecule has 0 radical (unpaired) electrons. The van der Waals surface area contributed by atoms with E-state index in [4.69, 9.17) is 16.6 Å². The minimum absolute atomic E-state index is 0.118. The van der Waals surface area contributed by atoms with Crippen molar-refractivity contribution in [1.82, 2.24) is 19.9 Å². The molecule has 2 N–H and O–H groups in total. The maximum atomic E-state index is 11.5. The molecule has 0 aliphatic carbocycles. The molecule has 35 heavy (non-hydrogen) atoms. The molecule has 0 saturated carbocycles. The van der Waals surface area contributed by atoms with E-state index in [1.807, 2.05) is 55.5 Å². The van der Waals surface area contributed by atoms with Crippen LogP contribution in [0.25, 0.3) is 11.3 Å². The molecular formula is C26H24ClN7O. The summed E-state index contributed by atoms with van der Waals surface area (Å²) in [5.41, 5.74) is 6.70. The number of carbonyl (C=O) groups is 1. The molecule has 1 amide bonds. The van der Waals surface area contributed by atoms with E-state index in [0.29, 0.717) is 23.5 Å². The Bertz CT molecular complexity index is 1390. The first-order valence-electron chi connectivity index (χ1n) is 11.3. The maximum Gasteiger partial charge on any atom is 0.232 e. The molecule has 3 heterocycles. The molecule has 1 aliphatic heterocycles. The van der Waals surface area contributed by atoms with Crippen LogP contribution < -0.4 is 15.5 Å². The molecule has 0 atom stereocenters. The third-order valence-electron chi connectivity index (χ3n) is 5.92. The zero-order chi connectivity index (χ0) is 24.4. The number of hydrogen-bond donors (Lipinski definition) is 2. The van der Waals surface area contributed by atoms with E-state index < -0.39 is 0 Å². The number of hydrogen-bond acceptors (Lipinski definition) is 7. The molecule has 0 fully saturated rings. The lowest BCUT2D eigenvalue weighted by molar-refractivity contribution is -0.114. The molecule has 1 aliphatic rings. The van der Waals surface area contributed by atoms with Gasteiger partial charge in [0.05, 0.1) is 5.69 Å². The number of fused-ring (bicyclic) bond motifs is 1. The summed E-state index contributed by atoms with van der Waals surface area (Å²) >= 11 is 6.02. The number of pyridine rings is 1. The zero-order valence-corrected chi connectivity index (χ0v) is 20.2. The van der Waals surface area contributed by atoms with Crippen LogP contribution in [0.4, 0.5) is 23.3 Å². The molecule has 0 saturated heterocycles. The minimum atomic E-state index is -0.118. The van der Waals surface area contributed by atoms with Crippen LogP contribution in [-0.4, -0.2) is 32.4 Å². The Hall–Kier alpha value is -4.04. The van der Waals surface area contributed by atoms with Crippen molar-refractivity contribution in [3.63, 3.8) is 0 Å². The monoisotopic (exact) mass is 485 g/mol. The molecule has 0 unspecified atom stereocenters. The van der Waals surface area contributed by atoms with E-state index in [-0.39, 0.29) is 5.91 Å². The van der Waals surface area contributed by atoms with Crippen molar-refractivity contribution in [1.29, 1.82) is 0 Å². The summed E-state index contributed by atoms with van der Waals surface area (Å²) in [7, 11) is 0. The normalized spacial score (nSPS) is 12.7. The second-order valence-corrected chi connectivity index (χ2v) is 8.81. The number of rotatable bonds is 5. The van der Waals surface area contributed by atoms with Crippen LogP contribution in [0.2, 0.25) is 5.02 Å². The van der Waals surface area contributed by atoms with Crippen molar-refractivity contribution in [2.45, 2.75) is 26.8 Å². The van der Waals surface area contributed by atoms with Crippen molar-refractivity contribution >= 4 is 40.8 Å². The smallest absolute Gasteiger partial charge is 0.232 e. The van der Waals surface area contributed by atoms with E-state index in [1.54, 1.807) is 0 Å². The summed E-state index contributed by atoms with van der Waals surface area (Å²) in [6.45, 7) is 4.85. The van der Waals surface area contributed by atoms with Gasteiger partial charge < -0.3 is 15.5 Å². The number of aromatic nitrogens is 4. The molecule has 9 heteroatoms. The predicted octanol–water partition coefficient (Wildman–Crippen LogP) is 5.16. The van der Waals surface area contributed by atoms with Crippen LogP contribution >= 0.6 is 11.6 Å². The van der Waals surface area contributed by atoms with E-state index in [2.05, 4.69) is 36.6 Å². The standard InChI is InChI=1S/C26H24ClN7O/c1-16-21(30-17(2)35)4-3-5-22(16)32-25-28-15-29-26(33-25)34-13-12-24-19(14-34)8-11-23(31-24)18-6-9-20(27)10-7-18/h3-11,15H,12-14H2,1-2H3,(H,30,35)(H,28,29,32,33). The fourth-order valence-corrected chi connectivity index (χ4v) is 4.21. The number of nitrogens with one attached hydrogen (secondary N) is 2. The van der Waals surface area contributed by atoms with Crippen molar-refractivity contribution in [2.24, 2.45) is 0 Å². The highest BCUT2D eigenvalue weighted by atomic mass is 35.5. The van der Waals surface area contributed by atoms with Gasteiger partial charge >= 0.3 is 0 Å². The van der Waals surface area contributed by atoms with Crippen molar-refractivity contribution in [3.05, 3.63) is 82.8 Å². The first kappa shape index (κ1) is 22.7. The Balaban J connectivity index is 1.33. The predicted molar refractivity (Wildman–Crippen MR) is 138 cm³/mol. The first-order valence-corrected chi connectivity index (χ1v) is 11.7. The summed E-state index contributed by atoms with van der Waals surface area (Å²) in [6.07, 6.45) is 2.30. The van der Waals surface area contributed by atoms with Gasteiger partial charge in [0.2, 0.25) is 17.8 Å². The van der Waals surface area contributed by atoms with Crippen LogP contribution in [-0.2, 0) is 17.8 Å². The topological polar surface area (TPSA) is 95.9 Å². The number of amides is 1. The van der Waals surface area contributed by atoms with Crippen LogP contribution in [0.15, 0.2) is 60.9 Å². The van der Waals surface area contributed by atoms with Gasteiger partial charge in [-0.25, -0.2) is 9.97 Å². The number of halogens is 1. The SMILES string of the molecule is CC(=O)Nc1cccc(Nc2ncnc(N3CCc4nc(-c5ccc(Cl)cc5)ccc4C3)n2)c1C. The van der Waals surface area contributed by atoms with Crippen molar-refractivity contribution in [2.75, 3.05) is 22.1 Å². The highest BCUT2D eigenvalue weighted by Gasteiger charge is 2.21. The number of carbonyl (C=O) groups excluding carboxylic acids is 1. The van der Waals surface area contributed by atoms with Crippen molar-refractivity contribution in [3.8, 4) is 11.3 Å². The largest absolute Gasteiger partial charge is 0.336 e. The quantitative estimate of drug-likeness (QED) is 0.403. The van der Waals surface area contributed by atoms with Gasteiger partial charge in [-0.2, -0.15) is 4.98 Å². The van der Waals surface area contributed by atoms with Crippen LogP contribution in [0, 0.1) is 6.92 Å². The van der Waals surface area contributed by atoms with Gasteiger partial charge in [0.15, 0.2) is 0 Å². The first-order chi connectivity index (χ1) is 17.0. The number of nitrogens with zero attached hydrogens (tertiary/aromatic N) is 5. The van der Waals surface area contributed by atoms with E-state index in [0.717, 1.165) is 52.4 Å². The summed E-state index contributed by atoms with van der Waals surface area (Å²) in [6, 6.07) is 17.5. The molecule has 8 nitrogen and oxygen atoms in total. The molecule has 176 valence electrons. The minimum Gasteiger partial charge on any atom is -0.336 e. The Kier molecular flexibility index (Phi) is 6.29. The Labute approximate surface area is 208 Å². The number of benzene rings is 2. The molecule has 5 rings (SSSR count).